The van der Waals surface area contributed by atoms with E-state index in [9.17, 15) is 8.42 Å². The minimum atomic E-state index is -3.65. The van der Waals surface area contributed by atoms with Crippen LogP contribution in [0.4, 0.5) is 5.69 Å². The topological polar surface area (TPSA) is 85.1 Å². The molecule has 5 nitrogen and oxygen atoms in total. The predicted molar refractivity (Wildman–Crippen MR) is 78.6 cm³/mol. The molecule has 0 aliphatic rings. The first-order valence-corrected chi connectivity index (χ1v) is 7.73. The van der Waals surface area contributed by atoms with Crippen LogP contribution in [0.2, 0.25) is 0 Å². The maximum Gasteiger partial charge on any atom is 0.244 e. The molecule has 0 saturated carbocycles. The second-order valence-corrected chi connectivity index (χ2v) is 6.31. The fourth-order valence-electron chi connectivity index (χ4n) is 1.95. The van der Waals surface area contributed by atoms with Gasteiger partial charge in [0.2, 0.25) is 10.0 Å². The van der Waals surface area contributed by atoms with Gasteiger partial charge < -0.3 is 5.73 Å². The van der Waals surface area contributed by atoms with Crippen molar-refractivity contribution in [2.45, 2.75) is 24.3 Å². The van der Waals surface area contributed by atoms with Crippen LogP contribution in [0.1, 0.15) is 12.5 Å². The summed E-state index contributed by atoms with van der Waals surface area (Å²) >= 11 is 0. The first kappa shape index (κ1) is 14.5. The third-order valence-corrected chi connectivity index (χ3v) is 4.48. The highest BCUT2D eigenvalue weighted by molar-refractivity contribution is 7.89. The van der Waals surface area contributed by atoms with Crippen LogP contribution < -0.4 is 10.5 Å². The number of hydrogen-bond donors (Lipinski definition) is 2. The summed E-state index contributed by atoms with van der Waals surface area (Å²) in [6.07, 6.45) is 3.33. The molecule has 0 amide bonds. The van der Waals surface area contributed by atoms with Gasteiger partial charge in [0.25, 0.3) is 0 Å². The third-order valence-electron chi connectivity index (χ3n) is 2.85. The lowest BCUT2D eigenvalue weighted by Gasteiger charge is -2.15. The Morgan fingerprint density at radius 3 is 2.60 bits per heavy atom. The molecule has 0 aliphatic heterocycles. The predicted octanol–water partition coefficient (Wildman–Crippen LogP) is 1.57. The van der Waals surface area contributed by atoms with Crippen molar-refractivity contribution in [3.63, 3.8) is 0 Å². The fraction of sp³-hybridized carbons (Fsp3) is 0.214. The molecule has 0 radical (unpaired) electrons. The Balaban J connectivity index is 2.11. The maximum atomic E-state index is 12.2. The number of rotatable bonds is 5. The molecule has 0 fully saturated rings. The lowest BCUT2D eigenvalue weighted by atomic mass is 10.1. The molecule has 0 bridgehead atoms. The maximum absolute atomic E-state index is 12.2. The number of sulfonamides is 1. The smallest absolute Gasteiger partial charge is 0.244 e. The van der Waals surface area contributed by atoms with E-state index in [1.807, 2.05) is 37.3 Å². The highest BCUT2D eigenvalue weighted by atomic mass is 32.2. The summed E-state index contributed by atoms with van der Waals surface area (Å²) < 4.78 is 27.1. The number of nitrogens with zero attached hydrogens (tertiary/aromatic N) is 1. The Morgan fingerprint density at radius 1 is 1.25 bits per heavy atom. The molecule has 0 saturated heterocycles. The second-order valence-electron chi connectivity index (χ2n) is 4.63. The molecule has 3 N–H and O–H groups in total. The molecule has 6 heteroatoms. The van der Waals surface area contributed by atoms with Gasteiger partial charge in [-0.05, 0) is 25.0 Å². The Kier molecular flexibility index (Phi) is 4.36. The zero-order chi connectivity index (χ0) is 14.6. The SMILES string of the molecule is CC(Cc1ccccc1)NS(=O)(=O)c1cnccc1N. The molecular formula is C14H17N3O2S. The molecule has 20 heavy (non-hydrogen) atoms. The average Bonchev–Trinajstić information content (AvgIpc) is 2.39. The Morgan fingerprint density at radius 2 is 1.95 bits per heavy atom. The number of nitrogens with two attached hydrogens (primary N) is 1. The molecule has 1 atom stereocenters. The van der Waals surface area contributed by atoms with Gasteiger partial charge in [-0.2, -0.15) is 0 Å². The van der Waals surface area contributed by atoms with Crippen molar-refractivity contribution in [2.75, 3.05) is 5.73 Å². The van der Waals surface area contributed by atoms with Crippen molar-refractivity contribution in [3.8, 4) is 0 Å². The molecule has 2 aromatic rings. The number of pyridine rings is 1. The number of benzene rings is 1. The van der Waals surface area contributed by atoms with E-state index in [1.165, 1.54) is 18.5 Å². The van der Waals surface area contributed by atoms with Gasteiger partial charge in [-0.15, -0.1) is 0 Å². The van der Waals surface area contributed by atoms with Crippen LogP contribution in [0.5, 0.6) is 0 Å². The van der Waals surface area contributed by atoms with Crippen molar-refractivity contribution in [2.24, 2.45) is 0 Å². The van der Waals surface area contributed by atoms with Gasteiger partial charge in [0.15, 0.2) is 0 Å². The summed E-state index contributed by atoms with van der Waals surface area (Å²) in [5.74, 6) is 0. The Hall–Kier alpha value is -1.92. The van der Waals surface area contributed by atoms with Gasteiger partial charge in [-0.25, -0.2) is 13.1 Å². The van der Waals surface area contributed by atoms with Crippen LogP contribution in [0, 0.1) is 0 Å². The number of nitrogen functional groups attached to an aromatic ring is 1. The molecule has 0 aliphatic carbocycles. The molecule has 2 rings (SSSR count). The van der Waals surface area contributed by atoms with Gasteiger partial charge in [-0.3, -0.25) is 4.98 Å². The van der Waals surface area contributed by atoms with Crippen molar-refractivity contribution in [3.05, 3.63) is 54.4 Å². The lowest BCUT2D eigenvalue weighted by Crippen LogP contribution is -2.34. The van der Waals surface area contributed by atoms with Crippen LogP contribution in [-0.4, -0.2) is 19.4 Å². The summed E-state index contributed by atoms with van der Waals surface area (Å²) in [5.41, 5.74) is 6.94. The van der Waals surface area contributed by atoms with E-state index in [1.54, 1.807) is 0 Å². The monoisotopic (exact) mass is 291 g/mol. The van der Waals surface area contributed by atoms with Crippen molar-refractivity contribution in [1.82, 2.24) is 9.71 Å². The van der Waals surface area contributed by atoms with Crippen molar-refractivity contribution in [1.29, 1.82) is 0 Å². The van der Waals surface area contributed by atoms with E-state index < -0.39 is 10.0 Å². The van der Waals surface area contributed by atoms with Crippen LogP contribution >= 0.6 is 0 Å². The van der Waals surface area contributed by atoms with Crippen molar-refractivity contribution < 1.29 is 8.42 Å². The minimum Gasteiger partial charge on any atom is -0.398 e. The summed E-state index contributed by atoms with van der Waals surface area (Å²) in [4.78, 5) is 3.82. The van der Waals surface area contributed by atoms with E-state index in [0.717, 1.165) is 5.56 Å². The molecule has 1 unspecified atom stereocenters. The number of nitrogens with one attached hydrogen (secondary N) is 1. The molecule has 1 aromatic carbocycles. The first-order chi connectivity index (χ1) is 9.49. The molecule has 1 heterocycles. The van der Waals surface area contributed by atoms with Crippen LogP contribution in [0.25, 0.3) is 0 Å². The van der Waals surface area contributed by atoms with Gasteiger partial charge in [0.1, 0.15) is 4.90 Å². The molecule has 106 valence electrons. The van der Waals surface area contributed by atoms with Gasteiger partial charge in [0, 0.05) is 18.4 Å². The van der Waals surface area contributed by atoms with Crippen molar-refractivity contribution >= 4 is 15.7 Å². The average molecular weight is 291 g/mol. The first-order valence-electron chi connectivity index (χ1n) is 6.25. The molecule has 0 spiro atoms. The molecule has 1 aromatic heterocycles. The quantitative estimate of drug-likeness (QED) is 0.875. The van der Waals surface area contributed by atoms with E-state index in [0.29, 0.717) is 6.42 Å². The minimum absolute atomic E-state index is 0.0138. The normalized spacial score (nSPS) is 13.1. The lowest BCUT2D eigenvalue weighted by molar-refractivity contribution is 0.560. The molecular weight excluding hydrogens is 274 g/mol. The highest BCUT2D eigenvalue weighted by Crippen LogP contribution is 2.16. The zero-order valence-corrected chi connectivity index (χ0v) is 12.0. The van der Waals surface area contributed by atoms with Gasteiger partial charge in [-0.1, -0.05) is 30.3 Å². The van der Waals surface area contributed by atoms with Crippen LogP contribution in [-0.2, 0) is 16.4 Å². The Bertz CT molecular complexity index is 672. The highest BCUT2D eigenvalue weighted by Gasteiger charge is 2.20. The number of anilines is 1. The second kappa shape index (κ2) is 6.02. The third kappa shape index (κ3) is 3.55. The summed E-state index contributed by atoms with van der Waals surface area (Å²) in [5, 5.41) is 0. The Labute approximate surface area is 118 Å². The van der Waals surface area contributed by atoms with Crippen LogP contribution in [0.15, 0.2) is 53.7 Å². The van der Waals surface area contributed by atoms with Crippen LogP contribution in [0.3, 0.4) is 0 Å². The number of aromatic nitrogens is 1. The zero-order valence-electron chi connectivity index (χ0n) is 11.2. The largest absolute Gasteiger partial charge is 0.398 e. The standard InChI is InChI=1S/C14H17N3O2S/c1-11(9-12-5-3-2-4-6-12)17-20(18,19)14-10-16-8-7-13(14)15/h2-8,10-11,17H,9H2,1H3,(H2,15,16). The summed E-state index contributed by atoms with van der Waals surface area (Å²) in [6.45, 7) is 1.82. The summed E-state index contributed by atoms with van der Waals surface area (Å²) in [6, 6.07) is 10.9. The van der Waals surface area contributed by atoms with E-state index in [4.69, 9.17) is 5.73 Å². The summed E-state index contributed by atoms with van der Waals surface area (Å²) in [7, 11) is -3.65. The number of hydrogen-bond acceptors (Lipinski definition) is 4. The van der Waals surface area contributed by atoms with E-state index in [2.05, 4.69) is 9.71 Å². The fourth-order valence-corrected chi connectivity index (χ4v) is 3.27. The van der Waals surface area contributed by atoms with Gasteiger partial charge >= 0.3 is 0 Å². The van der Waals surface area contributed by atoms with E-state index >= 15 is 0 Å². The van der Waals surface area contributed by atoms with E-state index in [-0.39, 0.29) is 16.6 Å². The van der Waals surface area contributed by atoms with Gasteiger partial charge in [0.05, 0.1) is 5.69 Å².